The van der Waals surface area contributed by atoms with Gasteiger partial charge < -0.3 is 4.12 Å². The van der Waals surface area contributed by atoms with Gasteiger partial charge in [0.25, 0.3) is 0 Å². The van der Waals surface area contributed by atoms with E-state index in [9.17, 15) is 0 Å². The van der Waals surface area contributed by atoms with Crippen molar-refractivity contribution in [3.63, 3.8) is 0 Å². The van der Waals surface area contributed by atoms with E-state index < -0.39 is 8.32 Å². The Morgan fingerprint density at radius 1 is 0.857 bits per heavy atom. The summed E-state index contributed by atoms with van der Waals surface area (Å²) in [5.74, 6) is 0. The second-order valence-corrected chi connectivity index (χ2v) is 10.0. The zero-order chi connectivity index (χ0) is 15.3. The highest BCUT2D eigenvalue weighted by molar-refractivity contribution is 6.84. The van der Waals surface area contributed by atoms with E-state index in [1.54, 1.807) is 0 Å². The standard InChI is InChI=1S/C12H8.C6H14OSi2/c1-2-6-10-9(5-1)11-7-3-4-8-12(10)11;1-5-9(4,6-2)7-8-3/h1-8H;5-6H,1-2,8H2,3-4H3. The Bertz CT molecular complexity index is 541. The highest BCUT2D eigenvalue weighted by atomic mass is 28.4. The summed E-state index contributed by atoms with van der Waals surface area (Å²) in [6, 6.07) is 17.1. The van der Waals surface area contributed by atoms with Crippen LogP contribution in [0.15, 0.2) is 73.1 Å². The molecule has 0 aliphatic heterocycles. The minimum atomic E-state index is -1.61. The van der Waals surface area contributed by atoms with E-state index >= 15 is 0 Å². The Labute approximate surface area is 131 Å². The van der Waals surface area contributed by atoms with Crippen LogP contribution in [-0.2, 0) is 4.12 Å². The molecule has 0 N–H and O–H groups in total. The molecule has 108 valence electrons. The van der Waals surface area contributed by atoms with E-state index in [4.69, 9.17) is 4.12 Å². The molecule has 3 rings (SSSR count). The monoisotopic (exact) mass is 310 g/mol. The predicted molar refractivity (Wildman–Crippen MR) is 98.4 cm³/mol. The van der Waals surface area contributed by atoms with Crippen LogP contribution in [0.4, 0.5) is 0 Å². The molecule has 0 saturated carbocycles. The SMILES string of the molecule is C=C[Si](C)(C=C)O[SiH2]C.c1ccc2c(c1)-c1ccccc1-2. The van der Waals surface area contributed by atoms with Gasteiger partial charge in [-0.05, 0) is 28.8 Å². The predicted octanol–water partition coefficient (Wildman–Crippen LogP) is 4.49. The van der Waals surface area contributed by atoms with Gasteiger partial charge in [-0.15, -0.1) is 13.2 Å². The van der Waals surface area contributed by atoms with Gasteiger partial charge in [0.15, 0.2) is 0 Å². The molecule has 0 fully saturated rings. The van der Waals surface area contributed by atoms with E-state index in [1.807, 2.05) is 11.4 Å². The summed E-state index contributed by atoms with van der Waals surface area (Å²) in [5.41, 5.74) is 9.41. The fourth-order valence-electron chi connectivity index (χ4n) is 2.36. The molecule has 3 heteroatoms. The maximum Gasteiger partial charge on any atom is 0.225 e. The van der Waals surface area contributed by atoms with Crippen molar-refractivity contribution in [2.75, 3.05) is 0 Å². The molecular formula is C18H22OSi2. The molecule has 1 nitrogen and oxygen atoms in total. The molecule has 0 unspecified atom stereocenters. The van der Waals surface area contributed by atoms with Crippen LogP contribution >= 0.6 is 0 Å². The van der Waals surface area contributed by atoms with Gasteiger partial charge in [-0.2, -0.15) is 0 Å². The summed E-state index contributed by atoms with van der Waals surface area (Å²) in [6.45, 7) is 11.6. The molecule has 2 aromatic carbocycles. The van der Waals surface area contributed by atoms with Crippen molar-refractivity contribution in [3.05, 3.63) is 73.1 Å². The minimum Gasteiger partial charge on any atom is -0.455 e. The highest BCUT2D eigenvalue weighted by Gasteiger charge is 2.19. The summed E-state index contributed by atoms with van der Waals surface area (Å²) in [5, 5.41) is 0. The van der Waals surface area contributed by atoms with Gasteiger partial charge >= 0.3 is 0 Å². The van der Waals surface area contributed by atoms with Crippen LogP contribution in [0.2, 0.25) is 13.1 Å². The quantitative estimate of drug-likeness (QED) is 0.645. The molecule has 0 saturated heterocycles. The Morgan fingerprint density at radius 3 is 1.38 bits per heavy atom. The van der Waals surface area contributed by atoms with Gasteiger partial charge in [-0.1, -0.05) is 66.5 Å². The lowest BCUT2D eigenvalue weighted by Crippen LogP contribution is -2.30. The number of hydrogen-bond acceptors (Lipinski definition) is 1. The molecular weight excluding hydrogens is 288 g/mol. The summed E-state index contributed by atoms with van der Waals surface area (Å²) >= 11 is 0. The largest absolute Gasteiger partial charge is 0.455 e. The smallest absolute Gasteiger partial charge is 0.225 e. The first kappa shape index (κ1) is 15.7. The van der Waals surface area contributed by atoms with Crippen molar-refractivity contribution >= 4 is 18.1 Å². The van der Waals surface area contributed by atoms with E-state index in [0.29, 0.717) is 0 Å². The average molecular weight is 311 g/mol. The second kappa shape index (κ2) is 6.85. The van der Waals surface area contributed by atoms with Crippen molar-refractivity contribution in [2.45, 2.75) is 13.1 Å². The maximum atomic E-state index is 5.57. The fourth-order valence-corrected chi connectivity index (χ4v) is 5.95. The van der Waals surface area contributed by atoms with Crippen LogP contribution in [0.25, 0.3) is 22.3 Å². The Balaban J connectivity index is 0.000000163. The van der Waals surface area contributed by atoms with Gasteiger partial charge in [-0.25, -0.2) is 0 Å². The summed E-state index contributed by atoms with van der Waals surface area (Å²) < 4.78 is 5.57. The van der Waals surface area contributed by atoms with Crippen molar-refractivity contribution < 1.29 is 4.12 Å². The number of benzene rings is 2. The van der Waals surface area contributed by atoms with Crippen molar-refractivity contribution in [2.24, 2.45) is 0 Å². The van der Waals surface area contributed by atoms with Crippen molar-refractivity contribution in [1.82, 2.24) is 0 Å². The summed E-state index contributed by atoms with van der Waals surface area (Å²) in [6.07, 6.45) is 0. The average Bonchev–Trinajstić information content (AvgIpc) is 2.53. The summed E-state index contributed by atoms with van der Waals surface area (Å²) in [7, 11) is -1.90. The molecule has 0 atom stereocenters. The molecule has 1 aliphatic carbocycles. The third kappa shape index (κ3) is 3.32. The molecule has 0 bridgehead atoms. The third-order valence-electron chi connectivity index (χ3n) is 3.70. The number of fused-ring (bicyclic) bond motifs is 4. The van der Waals surface area contributed by atoms with Crippen molar-refractivity contribution in [1.29, 1.82) is 0 Å². The highest BCUT2D eigenvalue weighted by Crippen LogP contribution is 2.46. The van der Waals surface area contributed by atoms with E-state index in [2.05, 4.69) is 74.8 Å². The molecule has 0 radical (unpaired) electrons. The molecule has 0 heterocycles. The lowest BCUT2D eigenvalue weighted by atomic mass is 9.81. The van der Waals surface area contributed by atoms with Gasteiger partial charge in [0.1, 0.15) is 9.76 Å². The van der Waals surface area contributed by atoms with Crippen molar-refractivity contribution in [3.8, 4) is 22.3 Å². The first-order valence-electron chi connectivity index (χ1n) is 7.25. The van der Waals surface area contributed by atoms with E-state index in [-0.39, 0.29) is 9.76 Å². The normalized spacial score (nSPS) is 11.7. The first-order chi connectivity index (χ1) is 10.1. The Morgan fingerprint density at radius 2 is 1.19 bits per heavy atom. The van der Waals surface area contributed by atoms with E-state index in [0.717, 1.165) is 0 Å². The van der Waals surface area contributed by atoms with Gasteiger partial charge in [0.2, 0.25) is 8.32 Å². The maximum absolute atomic E-state index is 5.57. The van der Waals surface area contributed by atoms with E-state index in [1.165, 1.54) is 22.3 Å². The van der Waals surface area contributed by atoms with Crippen LogP contribution < -0.4 is 0 Å². The molecule has 0 aromatic heterocycles. The van der Waals surface area contributed by atoms with Gasteiger partial charge in [0.05, 0.1) is 0 Å². The second-order valence-electron chi connectivity index (χ2n) is 5.12. The van der Waals surface area contributed by atoms with Crippen LogP contribution in [0.3, 0.4) is 0 Å². The minimum absolute atomic E-state index is 0.293. The van der Waals surface area contributed by atoms with Crippen LogP contribution in [0, 0.1) is 0 Å². The third-order valence-corrected chi connectivity index (χ3v) is 8.96. The molecule has 2 aromatic rings. The fraction of sp³-hybridized carbons (Fsp3) is 0.111. The first-order valence-corrected chi connectivity index (χ1v) is 11.8. The molecule has 0 amide bonds. The number of rotatable bonds is 4. The van der Waals surface area contributed by atoms with Crippen LogP contribution in [0.5, 0.6) is 0 Å². The molecule has 0 spiro atoms. The number of hydrogen-bond donors (Lipinski definition) is 0. The van der Waals surface area contributed by atoms with Gasteiger partial charge in [-0.3, -0.25) is 0 Å². The lowest BCUT2D eigenvalue weighted by Gasteiger charge is -2.22. The molecule has 21 heavy (non-hydrogen) atoms. The van der Waals surface area contributed by atoms with Crippen LogP contribution in [-0.4, -0.2) is 18.1 Å². The Hall–Kier alpha value is -1.69. The molecule has 1 aliphatic rings. The van der Waals surface area contributed by atoms with Crippen LogP contribution in [0.1, 0.15) is 0 Å². The van der Waals surface area contributed by atoms with Gasteiger partial charge in [0, 0.05) is 0 Å². The zero-order valence-corrected chi connectivity index (χ0v) is 15.2. The topological polar surface area (TPSA) is 9.23 Å². The lowest BCUT2D eigenvalue weighted by molar-refractivity contribution is 0.616. The Kier molecular flexibility index (Phi) is 5.12. The summed E-state index contributed by atoms with van der Waals surface area (Å²) in [4.78, 5) is 0. The zero-order valence-electron chi connectivity index (χ0n) is 12.8.